The molecule has 2 heterocycles. The van der Waals surface area contributed by atoms with E-state index in [9.17, 15) is 22.0 Å². The van der Waals surface area contributed by atoms with E-state index in [1.54, 1.807) is 12.1 Å². The predicted octanol–water partition coefficient (Wildman–Crippen LogP) is 2.42. The molecule has 1 aromatic carbocycles. The van der Waals surface area contributed by atoms with Crippen molar-refractivity contribution in [1.29, 1.82) is 0 Å². The van der Waals surface area contributed by atoms with Crippen LogP contribution in [0.25, 0.3) is 11.5 Å². The molecule has 0 bridgehead atoms. The Hall–Kier alpha value is -2.60. The van der Waals surface area contributed by atoms with Crippen LogP contribution < -0.4 is 10.6 Å². The Labute approximate surface area is 171 Å². The lowest BCUT2D eigenvalue weighted by atomic mass is 9.90. The first kappa shape index (κ1) is 20.7. The van der Waals surface area contributed by atoms with Crippen molar-refractivity contribution in [3.8, 4) is 11.5 Å². The summed E-state index contributed by atoms with van der Waals surface area (Å²) in [6.07, 6.45) is 0.179. The van der Waals surface area contributed by atoms with Gasteiger partial charge in [-0.15, -0.1) is 10.2 Å². The number of hydrogen-bond donors (Lipinski definition) is 2. The van der Waals surface area contributed by atoms with E-state index < -0.39 is 22.3 Å². The average molecular weight is 441 g/mol. The van der Waals surface area contributed by atoms with Crippen molar-refractivity contribution in [1.82, 2.24) is 25.1 Å². The molecule has 1 aliphatic carbocycles. The van der Waals surface area contributed by atoms with Crippen molar-refractivity contribution in [3.63, 3.8) is 0 Å². The largest absolute Gasteiger partial charge is 0.415 e. The molecule has 2 N–H and O–H groups in total. The smallest absolute Gasteiger partial charge is 0.314 e. The third-order valence-corrected chi connectivity index (χ3v) is 7.45. The predicted molar refractivity (Wildman–Crippen MR) is 101 cm³/mol. The summed E-state index contributed by atoms with van der Waals surface area (Å²) in [5, 5.41) is 12.2. The van der Waals surface area contributed by atoms with Crippen molar-refractivity contribution in [2.45, 2.75) is 55.6 Å². The van der Waals surface area contributed by atoms with E-state index in [-0.39, 0.29) is 41.0 Å². The summed E-state index contributed by atoms with van der Waals surface area (Å²) in [4.78, 5) is 11.9. The number of fused-ring (bicyclic) bond motifs is 1. The lowest BCUT2D eigenvalue weighted by Crippen LogP contribution is -2.54. The van der Waals surface area contributed by atoms with Gasteiger partial charge in [-0.25, -0.2) is 13.2 Å². The van der Waals surface area contributed by atoms with Crippen molar-refractivity contribution in [2.24, 2.45) is 0 Å². The summed E-state index contributed by atoms with van der Waals surface area (Å²) in [6.45, 7) is 0.181. The van der Waals surface area contributed by atoms with Crippen LogP contribution in [0.1, 0.15) is 43.6 Å². The van der Waals surface area contributed by atoms with Crippen LogP contribution in [0.3, 0.4) is 0 Å². The maximum atomic E-state index is 13.3. The molecule has 30 heavy (non-hydrogen) atoms. The first-order chi connectivity index (χ1) is 14.3. The number of carbonyl (C=O) groups excluding carboxylic acids is 1. The minimum atomic E-state index is -3.84. The number of carbonyl (C=O) groups is 1. The van der Waals surface area contributed by atoms with Gasteiger partial charge in [0, 0.05) is 31.2 Å². The Kier molecular flexibility index (Phi) is 5.45. The highest BCUT2D eigenvalue weighted by Gasteiger charge is 2.43. The Morgan fingerprint density at radius 3 is 2.73 bits per heavy atom. The fourth-order valence-corrected chi connectivity index (χ4v) is 5.95. The molecule has 162 valence electrons. The summed E-state index contributed by atoms with van der Waals surface area (Å²) >= 11 is 0. The van der Waals surface area contributed by atoms with Crippen LogP contribution in [0.15, 0.2) is 27.5 Å². The van der Waals surface area contributed by atoms with Gasteiger partial charge < -0.3 is 15.1 Å². The van der Waals surface area contributed by atoms with Crippen LogP contribution in [-0.2, 0) is 16.6 Å². The average Bonchev–Trinajstić information content (AvgIpc) is 3.32. The van der Waals surface area contributed by atoms with Gasteiger partial charge in [-0.05, 0) is 30.5 Å². The lowest BCUT2D eigenvalue weighted by molar-refractivity contribution is 0.116. The number of amides is 2. The molecule has 0 unspecified atom stereocenters. The molecule has 1 aromatic heterocycles. The van der Waals surface area contributed by atoms with E-state index in [1.165, 1.54) is 17.4 Å². The van der Waals surface area contributed by atoms with Crippen molar-refractivity contribution in [3.05, 3.63) is 29.7 Å². The molecule has 2 atom stereocenters. The lowest BCUT2D eigenvalue weighted by Gasteiger charge is -2.37. The molecule has 4 rings (SSSR count). The van der Waals surface area contributed by atoms with E-state index in [4.69, 9.17) is 4.42 Å². The number of nitrogens with one attached hydrogen (secondary N) is 2. The molecule has 2 amide bonds. The standard InChI is InChI=1S/C18H21F2N5O4S/c1-21-18(26)22-12-4-2-3-5-13(12)25-9-11-7-6-10(8-14(11)30(25,27)28)16-23-24-17(29-16)15(19)20/h6-8,12-13,15H,2-5,9H2,1H3,(H2,21,22,26)/t12-,13-/m1/s1. The topological polar surface area (TPSA) is 117 Å². The van der Waals surface area contributed by atoms with Gasteiger partial charge in [-0.3, -0.25) is 0 Å². The van der Waals surface area contributed by atoms with E-state index in [2.05, 4.69) is 20.8 Å². The van der Waals surface area contributed by atoms with Crippen LogP contribution in [0.4, 0.5) is 13.6 Å². The Bertz CT molecular complexity index is 1060. The van der Waals surface area contributed by atoms with Gasteiger partial charge >= 0.3 is 12.5 Å². The fraction of sp³-hybridized carbons (Fsp3) is 0.500. The third-order valence-electron chi connectivity index (χ3n) is 5.50. The number of halogens is 2. The van der Waals surface area contributed by atoms with Crippen LogP contribution >= 0.6 is 0 Å². The maximum Gasteiger partial charge on any atom is 0.314 e. The number of benzene rings is 1. The Morgan fingerprint density at radius 1 is 1.27 bits per heavy atom. The van der Waals surface area contributed by atoms with Gasteiger partial charge in [0.05, 0.1) is 4.90 Å². The summed E-state index contributed by atoms with van der Waals surface area (Å²) in [6, 6.07) is 3.55. The summed E-state index contributed by atoms with van der Waals surface area (Å²) in [5.41, 5.74) is 0.846. The van der Waals surface area contributed by atoms with Gasteiger partial charge in [-0.1, -0.05) is 18.9 Å². The van der Waals surface area contributed by atoms with Gasteiger partial charge in [0.1, 0.15) is 0 Å². The molecule has 1 fully saturated rings. The van der Waals surface area contributed by atoms with Gasteiger partial charge in [0.2, 0.25) is 15.9 Å². The number of sulfonamides is 1. The van der Waals surface area contributed by atoms with Crippen LogP contribution in [-0.4, -0.2) is 48.1 Å². The van der Waals surface area contributed by atoms with Crippen LogP contribution in [0.2, 0.25) is 0 Å². The number of aromatic nitrogens is 2. The molecule has 2 aliphatic rings. The zero-order chi connectivity index (χ0) is 21.5. The van der Waals surface area contributed by atoms with Gasteiger partial charge in [0.25, 0.3) is 5.89 Å². The molecule has 0 saturated heterocycles. The summed E-state index contributed by atoms with van der Waals surface area (Å²) in [7, 11) is -2.33. The minimum absolute atomic E-state index is 0.0843. The zero-order valence-corrected chi connectivity index (χ0v) is 17.0. The van der Waals surface area contributed by atoms with Gasteiger partial charge in [0.15, 0.2) is 0 Å². The van der Waals surface area contributed by atoms with Crippen molar-refractivity contribution >= 4 is 16.1 Å². The Balaban J connectivity index is 1.64. The molecule has 0 spiro atoms. The normalized spacial score (nSPS) is 23.3. The summed E-state index contributed by atoms with van der Waals surface area (Å²) in [5.74, 6) is -0.987. The second kappa shape index (κ2) is 7.91. The number of rotatable bonds is 4. The SMILES string of the molecule is CNC(=O)N[C@@H]1CCCC[C@H]1N1Cc2ccc(-c3nnc(C(F)F)o3)cc2S1(=O)=O. The summed E-state index contributed by atoms with van der Waals surface area (Å²) < 4.78 is 58.4. The third kappa shape index (κ3) is 3.65. The van der Waals surface area contributed by atoms with Crippen molar-refractivity contribution in [2.75, 3.05) is 7.05 Å². The van der Waals surface area contributed by atoms with Gasteiger partial charge in [-0.2, -0.15) is 13.1 Å². The Morgan fingerprint density at radius 2 is 2.03 bits per heavy atom. The molecular weight excluding hydrogens is 420 g/mol. The van der Waals surface area contributed by atoms with Crippen LogP contribution in [0.5, 0.6) is 0 Å². The number of alkyl halides is 2. The molecule has 2 aromatic rings. The second-order valence-electron chi connectivity index (χ2n) is 7.30. The number of urea groups is 1. The molecule has 1 aliphatic heterocycles. The molecule has 0 radical (unpaired) electrons. The monoisotopic (exact) mass is 441 g/mol. The van der Waals surface area contributed by atoms with E-state index in [1.807, 2.05) is 0 Å². The van der Waals surface area contributed by atoms with Crippen LogP contribution in [0, 0.1) is 0 Å². The quantitative estimate of drug-likeness (QED) is 0.753. The number of hydrogen-bond acceptors (Lipinski definition) is 6. The van der Waals surface area contributed by atoms with E-state index in [0.717, 1.165) is 12.8 Å². The molecular formula is C18H21F2N5O4S. The highest BCUT2D eigenvalue weighted by atomic mass is 32.2. The highest BCUT2D eigenvalue weighted by Crippen LogP contribution is 2.38. The molecule has 12 heteroatoms. The first-order valence-corrected chi connectivity index (χ1v) is 11.0. The molecule has 1 saturated carbocycles. The maximum absolute atomic E-state index is 13.3. The van der Waals surface area contributed by atoms with E-state index in [0.29, 0.717) is 18.4 Å². The zero-order valence-electron chi connectivity index (χ0n) is 16.1. The first-order valence-electron chi connectivity index (χ1n) is 9.56. The van der Waals surface area contributed by atoms with Crippen molar-refractivity contribution < 1.29 is 26.4 Å². The second-order valence-corrected chi connectivity index (χ2v) is 9.16. The van der Waals surface area contributed by atoms with E-state index >= 15 is 0 Å². The highest BCUT2D eigenvalue weighted by molar-refractivity contribution is 7.89. The molecule has 9 nitrogen and oxygen atoms in total. The fourth-order valence-electron chi connectivity index (χ4n) is 4.04. The minimum Gasteiger partial charge on any atom is -0.415 e. The number of nitrogens with zero attached hydrogens (tertiary/aromatic N) is 3.